The van der Waals surface area contributed by atoms with Crippen LogP contribution in [0.4, 0.5) is 0 Å². The minimum atomic E-state index is -0.567. The zero-order valence-electron chi connectivity index (χ0n) is 11.5. The van der Waals surface area contributed by atoms with Crippen LogP contribution in [0.3, 0.4) is 0 Å². The number of aliphatic hydroxyl groups excluding tert-OH is 1. The van der Waals surface area contributed by atoms with Gasteiger partial charge in [-0.2, -0.15) is 0 Å². The molecule has 2 heteroatoms. The van der Waals surface area contributed by atoms with Gasteiger partial charge in [0.2, 0.25) is 0 Å². The van der Waals surface area contributed by atoms with Crippen molar-refractivity contribution in [2.24, 2.45) is 0 Å². The van der Waals surface area contributed by atoms with E-state index < -0.39 is 6.10 Å². The van der Waals surface area contributed by atoms with Crippen molar-refractivity contribution in [3.8, 4) is 0 Å². The Bertz CT molecular complexity index is 828. The molecule has 3 aromatic rings. The first kappa shape index (κ1) is 13.3. The molecular formula is C19H15IO. The Morgan fingerprint density at radius 2 is 1.57 bits per heavy atom. The fourth-order valence-electron chi connectivity index (χ4n) is 3.37. The Labute approximate surface area is 137 Å². The van der Waals surface area contributed by atoms with Crippen LogP contribution in [0.2, 0.25) is 0 Å². The molecule has 0 saturated carbocycles. The normalized spacial score (nSPS) is 14.6. The first-order valence-corrected chi connectivity index (χ1v) is 8.29. The minimum absolute atomic E-state index is 0.567. The van der Waals surface area contributed by atoms with Crippen LogP contribution in [-0.4, -0.2) is 5.11 Å². The summed E-state index contributed by atoms with van der Waals surface area (Å²) in [7, 11) is 0. The molecule has 1 unspecified atom stereocenters. The quantitative estimate of drug-likeness (QED) is 0.637. The second kappa shape index (κ2) is 5.11. The van der Waals surface area contributed by atoms with Crippen LogP contribution >= 0.6 is 22.6 Å². The molecule has 0 radical (unpaired) electrons. The largest absolute Gasteiger partial charge is 0.384 e. The van der Waals surface area contributed by atoms with E-state index in [2.05, 4.69) is 52.9 Å². The molecule has 0 amide bonds. The van der Waals surface area contributed by atoms with Gasteiger partial charge in [0.15, 0.2) is 0 Å². The summed E-state index contributed by atoms with van der Waals surface area (Å²) in [6.07, 6.45) is 1.67. The fourth-order valence-corrected chi connectivity index (χ4v) is 4.05. The molecule has 1 nitrogen and oxygen atoms in total. The lowest BCUT2D eigenvalue weighted by atomic mass is 9.93. The highest BCUT2D eigenvalue weighted by atomic mass is 127. The number of aryl methyl sites for hydroxylation is 2. The van der Waals surface area contributed by atoms with E-state index in [1.807, 2.05) is 24.3 Å². The Morgan fingerprint density at radius 3 is 2.38 bits per heavy atom. The van der Waals surface area contributed by atoms with E-state index in [0.29, 0.717) is 0 Å². The lowest BCUT2D eigenvalue weighted by Gasteiger charge is -2.16. The molecule has 1 aliphatic carbocycles. The molecule has 0 fully saturated rings. The molecule has 0 heterocycles. The third-order valence-corrected chi connectivity index (χ3v) is 5.39. The van der Waals surface area contributed by atoms with Crippen molar-refractivity contribution in [3.63, 3.8) is 0 Å². The molecule has 4 rings (SSSR count). The van der Waals surface area contributed by atoms with Crippen LogP contribution in [0.5, 0.6) is 0 Å². The molecule has 1 N–H and O–H groups in total. The molecule has 0 aromatic heterocycles. The molecule has 1 aliphatic rings. The monoisotopic (exact) mass is 386 g/mol. The first-order chi connectivity index (χ1) is 10.3. The maximum atomic E-state index is 10.9. The summed E-state index contributed by atoms with van der Waals surface area (Å²) in [6, 6.07) is 18.8. The van der Waals surface area contributed by atoms with Gasteiger partial charge in [0.05, 0.1) is 0 Å². The molecule has 0 aliphatic heterocycles. The highest BCUT2D eigenvalue weighted by Crippen LogP contribution is 2.37. The number of rotatable bonds is 2. The number of hydrogen-bond donors (Lipinski definition) is 1. The number of aliphatic hydroxyl groups is 1. The molecule has 21 heavy (non-hydrogen) atoms. The predicted molar refractivity (Wildman–Crippen MR) is 94.6 cm³/mol. The summed E-state index contributed by atoms with van der Waals surface area (Å²) < 4.78 is 1.10. The Kier molecular flexibility index (Phi) is 3.23. The minimum Gasteiger partial charge on any atom is -0.384 e. The summed E-state index contributed by atoms with van der Waals surface area (Å²) in [5.74, 6) is 0. The number of hydrogen-bond acceptors (Lipinski definition) is 1. The van der Waals surface area contributed by atoms with Crippen LogP contribution in [0.1, 0.15) is 28.4 Å². The average Bonchev–Trinajstić information content (AvgIpc) is 2.93. The van der Waals surface area contributed by atoms with Crippen molar-refractivity contribution in [2.45, 2.75) is 18.9 Å². The van der Waals surface area contributed by atoms with Crippen LogP contribution < -0.4 is 0 Å². The molecular weight excluding hydrogens is 371 g/mol. The van der Waals surface area contributed by atoms with Gasteiger partial charge in [-0.1, -0.05) is 48.5 Å². The van der Waals surface area contributed by atoms with E-state index in [-0.39, 0.29) is 0 Å². The van der Waals surface area contributed by atoms with Crippen LogP contribution in [0.15, 0.2) is 54.6 Å². The lowest BCUT2D eigenvalue weighted by Crippen LogP contribution is -2.03. The van der Waals surface area contributed by atoms with Crippen molar-refractivity contribution < 1.29 is 5.11 Å². The number of halogens is 1. The molecule has 104 valence electrons. The summed E-state index contributed by atoms with van der Waals surface area (Å²) >= 11 is 2.29. The first-order valence-electron chi connectivity index (χ1n) is 7.21. The maximum absolute atomic E-state index is 10.9. The van der Waals surface area contributed by atoms with E-state index in [1.165, 1.54) is 21.9 Å². The van der Waals surface area contributed by atoms with Crippen molar-refractivity contribution in [1.82, 2.24) is 0 Å². The lowest BCUT2D eigenvalue weighted by molar-refractivity contribution is 0.221. The van der Waals surface area contributed by atoms with Gasteiger partial charge in [-0.05, 0) is 74.5 Å². The molecule has 1 atom stereocenters. The summed E-state index contributed by atoms with van der Waals surface area (Å²) in [6.45, 7) is 0. The SMILES string of the molecule is OC(c1ccccc1I)c1ccc2c3c(cccc13)CC2. The summed E-state index contributed by atoms with van der Waals surface area (Å²) in [5, 5.41) is 13.4. The third kappa shape index (κ3) is 2.09. The molecule has 0 saturated heterocycles. The van der Waals surface area contributed by atoms with Gasteiger partial charge in [-0.15, -0.1) is 0 Å². The van der Waals surface area contributed by atoms with Gasteiger partial charge in [0.1, 0.15) is 6.10 Å². The second-order valence-corrected chi connectivity index (χ2v) is 6.74. The molecule has 0 spiro atoms. The fraction of sp³-hybridized carbons (Fsp3) is 0.158. The maximum Gasteiger partial charge on any atom is 0.106 e. The molecule has 3 aromatic carbocycles. The Balaban J connectivity index is 1.94. The zero-order chi connectivity index (χ0) is 14.4. The van der Waals surface area contributed by atoms with Crippen LogP contribution in [-0.2, 0) is 12.8 Å². The van der Waals surface area contributed by atoms with Crippen molar-refractivity contribution >= 4 is 33.4 Å². The Morgan fingerprint density at radius 1 is 0.810 bits per heavy atom. The van der Waals surface area contributed by atoms with Gasteiger partial charge in [0, 0.05) is 3.57 Å². The van der Waals surface area contributed by atoms with E-state index in [4.69, 9.17) is 0 Å². The number of benzene rings is 3. The Hall–Kier alpha value is -1.39. The smallest absolute Gasteiger partial charge is 0.106 e. The van der Waals surface area contributed by atoms with Crippen molar-refractivity contribution in [1.29, 1.82) is 0 Å². The second-order valence-electron chi connectivity index (χ2n) is 5.58. The van der Waals surface area contributed by atoms with E-state index in [0.717, 1.165) is 27.5 Å². The van der Waals surface area contributed by atoms with Gasteiger partial charge in [0.25, 0.3) is 0 Å². The van der Waals surface area contributed by atoms with E-state index in [1.54, 1.807) is 0 Å². The average molecular weight is 386 g/mol. The highest BCUT2D eigenvalue weighted by Gasteiger charge is 2.20. The van der Waals surface area contributed by atoms with Gasteiger partial charge in [-0.3, -0.25) is 0 Å². The third-order valence-electron chi connectivity index (χ3n) is 4.41. The van der Waals surface area contributed by atoms with Gasteiger partial charge < -0.3 is 5.11 Å². The highest BCUT2D eigenvalue weighted by molar-refractivity contribution is 14.1. The standard InChI is InChI=1S/C19H15IO/c20-17-7-2-1-5-16(17)19(21)15-11-10-13-9-8-12-4-3-6-14(15)18(12)13/h1-7,10-11,19,21H,8-9H2. The van der Waals surface area contributed by atoms with Crippen LogP contribution in [0.25, 0.3) is 10.8 Å². The van der Waals surface area contributed by atoms with E-state index >= 15 is 0 Å². The molecule has 0 bridgehead atoms. The topological polar surface area (TPSA) is 20.2 Å². The van der Waals surface area contributed by atoms with Gasteiger partial charge in [-0.25, -0.2) is 0 Å². The van der Waals surface area contributed by atoms with Crippen molar-refractivity contribution in [3.05, 3.63) is 80.4 Å². The predicted octanol–water partition coefficient (Wildman–Crippen LogP) is 4.62. The van der Waals surface area contributed by atoms with E-state index in [9.17, 15) is 5.11 Å². The summed E-state index contributed by atoms with van der Waals surface area (Å²) in [4.78, 5) is 0. The zero-order valence-corrected chi connectivity index (χ0v) is 13.7. The van der Waals surface area contributed by atoms with Crippen molar-refractivity contribution in [2.75, 3.05) is 0 Å². The van der Waals surface area contributed by atoms with Crippen LogP contribution in [0, 0.1) is 3.57 Å². The summed E-state index contributed by atoms with van der Waals surface area (Å²) in [5.41, 5.74) is 4.83. The van der Waals surface area contributed by atoms with Gasteiger partial charge >= 0.3 is 0 Å².